The van der Waals surface area contributed by atoms with Gasteiger partial charge in [0.25, 0.3) is 5.54 Å². The molecule has 1 N–H and O–H groups in total. The molecule has 0 spiro atoms. The summed E-state index contributed by atoms with van der Waals surface area (Å²) in [6.07, 6.45) is 0.350. The van der Waals surface area contributed by atoms with Gasteiger partial charge in [0.1, 0.15) is 0 Å². The summed E-state index contributed by atoms with van der Waals surface area (Å²) in [5.74, 6) is -0.285. The molecule has 2 saturated heterocycles. The number of methoxy groups -OCH3 is 1. The summed E-state index contributed by atoms with van der Waals surface area (Å²) < 4.78 is 31.0. The van der Waals surface area contributed by atoms with Crippen molar-refractivity contribution in [1.82, 2.24) is 0 Å². The number of hydrogen-bond acceptors (Lipinski definition) is 5. The van der Waals surface area contributed by atoms with Gasteiger partial charge in [-0.2, -0.15) is 0 Å². The van der Waals surface area contributed by atoms with Crippen LogP contribution in [0.1, 0.15) is 37.4 Å². The lowest BCUT2D eigenvalue weighted by Gasteiger charge is -2.44. The van der Waals surface area contributed by atoms with Gasteiger partial charge in [-0.1, -0.05) is 60.7 Å². The van der Waals surface area contributed by atoms with Crippen LogP contribution in [0.2, 0.25) is 0 Å². The molecule has 6 nitrogen and oxygen atoms in total. The van der Waals surface area contributed by atoms with Crippen molar-refractivity contribution in [2.75, 3.05) is 20.3 Å². The van der Waals surface area contributed by atoms with E-state index in [4.69, 9.17) is 13.8 Å². The zero-order valence-corrected chi connectivity index (χ0v) is 17.9. The van der Waals surface area contributed by atoms with E-state index in [1.54, 1.807) is 0 Å². The summed E-state index contributed by atoms with van der Waals surface area (Å²) in [7, 11) is -2.18. The largest absolute Gasteiger partial charge is 0.464 e. The standard InChI is InChI=1S/C22H26NO5P/c1-4-27-29(25,28-5-2)22(18-14-10-7-11-15-18)16-21(20(24)26-3)19(23(21)22)17-12-8-6-9-13-17/h6-15,19H,4-5,16H2,1-3H3/p+1/t19-,21+,22-,23?/m1/s1. The number of nitrogens with one attached hydrogen (secondary N) is 1. The second-order valence-corrected chi connectivity index (χ2v) is 9.73. The van der Waals surface area contributed by atoms with Gasteiger partial charge in [-0.3, -0.25) is 9.46 Å². The summed E-state index contributed by atoms with van der Waals surface area (Å²) >= 11 is 0. The lowest BCUT2D eigenvalue weighted by Crippen LogP contribution is -3.14. The molecule has 4 rings (SSSR count). The van der Waals surface area contributed by atoms with Gasteiger partial charge < -0.3 is 13.8 Å². The average Bonchev–Trinajstić information content (AvgIpc) is 3.30. The second-order valence-electron chi connectivity index (χ2n) is 7.46. The highest BCUT2D eigenvalue weighted by Crippen LogP contribution is 2.73. The summed E-state index contributed by atoms with van der Waals surface area (Å²) in [4.78, 5) is 13.8. The molecule has 0 aliphatic carbocycles. The summed E-state index contributed by atoms with van der Waals surface area (Å²) in [5.41, 5.74) is 1.11. The quantitative estimate of drug-likeness (QED) is 0.407. The first-order chi connectivity index (χ1) is 14.0. The van der Waals surface area contributed by atoms with E-state index >= 15 is 0 Å². The molecule has 2 aromatic rings. The van der Waals surface area contributed by atoms with Gasteiger partial charge >= 0.3 is 13.6 Å². The highest BCUT2D eigenvalue weighted by atomic mass is 31.2. The molecule has 2 aromatic carbocycles. The van der Waals surface area contributed by atoms with Crippen LogP contribution in [-0.2, 0) is 28.4 Å². The molecule has 154 valence electrons. The highest BCUT2D eigenvalue weighted by Gasteiger charge is 2.96. The lowest BCUT2D eigenvalue weighted by atomic mass is 9.85. The van der Waals surface area contributed by atoms with Crippen LogP contribution in [0, 0.1) is 0 Å². The minimum atomic E-state index is -3.59. The van der Waals surface area contributed by atoms with Crippen molar-refractivity contribution in [3.8, 4) is 0 Å². The molecule has 4 atom stereocenters. The van der Waals surface area contributed by atoms with Crippen molar-refractivity contribution < 1.29 is 28.0 Å². The molecule has 0 saturated carbocycles. The first-order valence-electron chi connectivity index (χ1n) is 9.97. The number of benzene rings is 2. The third kappa shape index (κ3) is 2.67. The van der Waals surface area contributed by atoms with E-state index in [-0.39, 0.29) is 25.2 Å². The number of hydrogen-bond donors (Lipinski definition) is 1. The highest BCUT2D eigenvalue weighted by molar-refractivity contribution is 7.55. The average molecular weight is 416 g/mol. The van der Waals surface area contributed by atoms with Gasteiger partial charge in [-0.05, 0) is 13.8 Å². The van der Waals surface area contributed by atoms with E-state index < -0.39 is 18.4 Å². The van der Waals surface area contributed by atoms with Crippen molar-refractivity contribution in [2.45, 2.75) is 37.1 Å². The van der Waals surface area contributed by atoms with E-state index in [1.165, 1.54) is 7.11 Å². The van der Waals surface area contributed by atoms with E-state index in [2.05, 4.69) is 0 Å². The van der Waals surface area contributed by atoms with Gasteiger partial charge in [0.2, 0.25) is 5.28 Å². The Balaban J connectivity index is 1.88. The number of ether oxygens (including phenoxy) is 1. The third-order valence-electron chi connectivity index (χ3n) is 6.16. The maximum atomic E-state index is 14.2. The molecule has 29 heavy (non-hydrogen) atoms. The van der Waals surface area contributed by atoms with E-state index in [1.807, 2.05) is 74.5 Å². The van der Waals surface area contributed by atoms with Crippen molar-refractivity contribution in [3.63, 3.8) is 0 Å². The minimum Gasteiger partial charge on any atom is -0.464 e. The van der Waals surface area contributed by atoms with Crippen molar-refractivity contribution >= 4 is 13.6 Å². The maximum absolute atomic E-state index is 14.2. The Morgan fingerprint density at radius 2 is 1.59 bits per heavy atom. The van der Waals surface area contributed by atoms with Gasteiger partial charge in [0.15, 0.2) is 6.04 Å². The summed E-state index contributed by atoms with van der Waals surface area (Å²) in [5, 5.41) is -0.949. The molecule has 2 heterocycles. The topological polar surface area (TPSA) is 66.3 Å². The Hall–Kier alpha value is -1.98. The minimum absolute atomic E-state index is 0.161. The lowest BCUT2D eigenvalue weighted by molar-refractivity contribution is -0.897. The van der Waals surface area contributed by atoms with Crippen LogP contribution < -0.4 is 4.90 Å². The molecule has 2 fully saturated rings. The number of carbonyl (C=O) groups excluding carboxylic acids is 1. The van der Waals surface area contributed by atoms with Crippen LogP contribution in [0.4, 0.5) is 0 Å². The molecule has 1 unspecified atom stereocenters. The predicted octanol–water partition coefficient (Wildman–Crippen LogP) is 3.06. The van der Waals surface area contributed by atoms with E-state index in [0.717, 1.165) is 16.0 Å². The van der Waals surface area contributed by atoms with Crippen LogP contribution in [-0.4, -0.2) is 31.8 Å². The fourth-order valence-electron chi connectivity index (χ4n) is 5.12. The van der Waals surface area contributed by atoms with Crippen LogP contribution in [0.3, 0.4) is 0 Å². The zero-order valence-electron chi connectivity index (χ0n) is 17.0. The maximum Gasteiger partial charge on any atom is 0.395 e. The van der Waals surface area contributed by atoms with Crippen molar-refractivity contribution in [3.05, 3.63) is 71.8 Å². The number of carbonyl (C=O) groups is 1. The number of esters is 1. The zero-order chi connectivity index (χ0) is 20.7. The van der Waals surface area contributed by atoms with Crippen molar-refractivity contribution in [2.24, 2.45) is 0 Å². The first-order valence-corrected chi connectivity index (χ1v) is 11.5. The third-order valence-corrected chi connectivity index (χ3v) is 8.95. The predicted molar refractivity (Wildman–Crippen MR) is 108 cm³/mol. The Morgan fingerprint density at radius 3 is 2.10 bits per heavy atom. The molecular formula is C22H27NO5P+. The summed E-state index contributed by atoms with van der Waals surface area (Å²) in [6.45, 7) is 4.15. The van der Waals surface area contributed by atoms with E-state index in [9.17, 15) is 9.36 Å². The normalized spacial score (nSPS) is 30.2. The Kier molecular flexibility index (Phi) is 5.16. The van der Waals surface area contributed by atoms with Crippen LogP contribution in [0.25, 0.3) is 0 Å². The molecule has 0 bridgehead atoms. The molecule has 0 amide bonds. The van der Waals surface area contributed by atoms with Gasteiger partial charge in [-0.25, -0.2) is 4.79 Å². The molecular weight excluding hydrogens is 389 g/mol. The molecule has 7 heteroatoms. The monoisotopic (exact) mass is 416 g/mol. The van der Waals surface area contributed by atoms with Crippen LogP contribution in [0.15, 0.2) is 60.7 Å². The number of fused-ring (bicyclic) bond motifs is 1. The Labute approximate surface area is 171 Å². The van der Waals surface area contributed by atoms with E-state index in [0.29, 0.717) is 6.42 Å². The first kappa shape index (κ1) is 20.3. The Morgan fingerprint density at radius 1 is 1.03 bits per heavy atom. The number of quaternary nitrogens is 1. The molecule has 2 aliphatic rings. The summed E-state index contributed by atoms with van der Waals surface area (Å²) in [6, 6.07) is 19.3. The van der Waals surface area contributed by atoms with Gasteiger partial charge in [0.05, 0.1) is 26.7 Å². The van der Waals surface area contributed by atoms with Crippen LogP contribution >= 0.6 is 7.60 Å². The SMILES string of the molecule is CCOP(=O)(OCC)[C@@]1(c2ccccc2)C[C@@]2(C(=O)OC)[C@@H](c3ccccc3)[NH+]21. The number of rotatable bonds is 8. The fourth-order valence-corrected chi connectivity index (χ4v) is 7.85. The molecule has 0 radical (unpaired) electrons. The molecule has 0 aromatic heterocycles. The Bertz CT molecular complexity index is 927. The van der Waals surface area contributed by atoms with Crippen molar-refractivity contribution in [1.29, 1.82) is 0 Å². The van der Waals surface area contributed by atoms with Crippen LogP contribution in [0.5, 0.6) is 0 Å². The smallest absolute Gasteiger partial charge is 0.395 e. The van der Waals surface area contributed by atoms with Gasteiger partial charge in [-0.15, -0.1) is 0 Å². The van der Waals surface area contributed by atoms with Gasteiger partial charge in [0, 0.05) is 11.1 Å². The fraction of sp³-hybridized carbons (Fsp3) is 0.409. The second kappa shape index (κ2) is 7.37. The molecule has 2 aliphatic heterocycles.